The van der Waals surface area contributed by atoms with Crippen molar-refractivity contribution in [2.24, 2.45) is 0 Å². The summed E-state index contributed by atoms with van der Waals surface area (Å²) >= 11 is 0. The zero-order valence-corrected chi connectivity index (χ0v) is 18.3. The summed E-state index contributed by atoms with van der Waals surface area (Å²) in [6.45, 7) is 0. The Morgan fingerprint density at radius 2 is 1.06 bits per heavy atom. The van der Waals surface area contributed by atoms with E-state index < -0.39 is 23.4 Å². The van der Waals surface area contributed by atoms with Crippen LogP contribution in [0.4, 0.5) is 4.39 Å². The van der Waals surface area contributed by atoms with Gasteiger partial charge in [0, 0.05) is 16.5 Å². The summed E-state index contributed by atoms with van der Waals surface area (Å²) in [5.74, 6) is -2.03. The lowest BCUT2D eigenvalue weighted by Gasteiger charge is -2.17. The number of ether oxygens (including phenoxy) is 2. The van der Waals surface area contributed by atoms with E-state index in [1.807, 2.05) is 0 Å². The molecule has 34 heavy (non-hydrogen) atoms. The van der Waals surface area contributed by atoms with Gasteiger partial charge in [0.2, 0.25) is 0 Å². The maximum Gasteiger partial charge on any atom is 0.335 e. The molecule has 0 aliphatic rings. The van der Waals surface area contributed by atoms with E-state index in [0.717, 1.165) is 0 Å². The Balaban J connectivity index is 2.00. The Kier molecular flexibility index (Phi) is 6.10. The molecule has 7 heteroatoms. The number of hydrogen-bond acceptors (Lipinski definition) is 5. The number of aromatic carboxylic acids is 1. The fraction of sp³-hybridized carbons (Fsp3) is 0.0741. The zero-order valence-electron chi connectivity index (χ0n) is 18.3. The molecule has 0 saturated carbocycles. The second-order valence-corrected chi connectivity index (χ2v) is 7.43. The highest BCUT2D eigenvalue weighted by Gasteiger charge is 2.26. The van der Waals surface area contributed by atoms with Crippen molar-refractivity contribution in [3.8, 4) is 11.5 Å². The summed E-state index contributed by atoms with van der Waals surface area (Å²) in [7, 11) is 2.82. The van der Waals surface area contributed by atoms with Crippen molar-refractivity contribution >= 4 is 28.3 Å². The first-order chi connectivity index (χ1) is 16.3. The van der Waals surface area contributed by atoms with Crippen LogP contribution in [0.15, 0.2) is 72.8 Å². The van der Waals surface area contributed by atoms with E-state index in [-0.39, 0.29) is 39.3 Å². The second kappa shape index (κ2) is 9.15. The molecule has 0 unspecified atom stereocenters. The van der Waals surface area contributed by atoms with Gasteiger partial charge in [-0.1, -0.05) is 24.3 Å². The van der Waals surface area contributed by atoms with E-state index in [9.17, 15) is 18.8 Å². The predicted molar refractivity (Wildman–Crippen MR) is 124 cm³/mol. The molecule has 4 aromatic rings. The van der Waals surface area contributed by atoms with Gasteiger partial charge in [-0.05, 0) is 53.9 Å². The van der Waals surface area contributed by atoms with Crippen molar-refractivity contribution in [1.82, 2.24) is 0 Å². The first-order valence-electron chi connectivity index (χ1n) is 10.2. The number of benzene rings is 4. The second-order valence-electron chi connectivity index (χ2n) is 7.43. The van der Waals surface area contributed by atoms with Crippen molar-refractivity contribution in [1.29, 1.82) is 0 Å². The normalized spacial score (nSPS) is 10.7. The van der Waals surface area contributed by atoms with Gasteiger partial charge < -0.3 is 14.6 Å². The Bertz CT molecular complexity index is 1420. The standard InChI is InChI=1S/C27H19FO6/c1-33-20-13-9-15-10-14-21(34-2)24(26(30)17-7-11-19(28)12-8-17)22(15)23(20)25(29)16-3-5-18(6-4-16)27(31)32/h3-14H,1-2H3,(H,31,32). The van der Waals surface area contributed by atoms with E-state index in [2.05, 4.69) is 0 Å². The number of carboxylic acid groups (broad SMARTS) is 1. The van der Waals surface area contributed by atoms with E-state index >= 15 is 0 Å². The lowest BCUT2D eigenvalue weighted by atomic mass is 9.89. The van der Waals surface area contributed by atoms with Gasteiger partial charge in [-0.3, -0.25) is 9.59 Å². The smallest absolute Gasteiger partial charge is 0.335 e. The number of carboxylic acids is 1. The molecule has 0 fully saturated rings. The third-order valence-corrected chi connectivity index (χ3v) is 5.50. The average Bonchev–Trinajstić information content (AvgIpc) is 2.86. The van der Waals surface area contributed by atoms with Crippen LogP contribution in [0.25, 0.3) is 10.8 Å². The largest absolute Gasteiger partial charge is 0.496 e. The quantitative estimate of drug-likeness (QED) is 0.385. The van der Waals surface area contributed by atoms with Gasteiger partial charge in [0.1, 0.15) is 17.3 Å². The molecule has 170 valence electrons. The van der Waals surface area contributed by atoms with Crippen LogP contribution in [0.2, 0.25) is 0 Å². The minimum atomic E-state index is -1.11. The van der Waals surface area contributed by atoms with Gasteiger partial charge >= 0.3 is 5.97 Å². The zero-order chi connectivity index (χ0) is 24.4. The highest BCUT2D eigenvalue weighted by Crippen LogP contribution is 2.38. The van der Waals surface area contributed by atoms with Crippen LogP contribution in [-0.2, 0) is 0 Å². The number of fused-ring (bicyclic) bond motifs is 1. The minimum absolute atomic E-state index is 0.0373. The van der Waals surface area contributed by atoms with Crippen LogP contribution in [0, 0.1) is 5.82 Å². The molecule has 6 nitrogen and oxygen atoms in total. The SMILES string of the molecule is COc1ccc2ccc(OC)c(C(=O)c3ccc(C(=O)O)cc3)c2c1C(=O)c1ccc(F)cc1. The number of halogens is 1. The summed E-state index contributed by atoms with van der Waals surface area (Å²) in [6.07, 6.45) is 0. The average molecular weight is 458 g/mol. The van der Waals surface area contributed by atoms with Crippen molar-refractivity contribution in [2.45, 2.75) is 0 Å². The van der Waals surface area contributed by atoms with Crippen LogP contribution >= 0.6 is 0 Å². The first-order valence-corrected chi connectivity index (χ1v) is 10.2. The minimum Gasteiger partial charge on any atom is -0.496 e. The Hall–Kier alpha value is -4.52. The molecule has 4 rings (SSSR count). The topological polar surface area (TPSA) is 89.9 Å². The number of rotatable bonds is 7. The van der Waals surface area contributed by atoms with Crippen LogP contribution < -0.4 is 9.47 Å². The number of ketones is 2. The predicted octanol–water partition coefficient (Wildman–Crippen LogP) is 5.16. The third kappa shape index (κ3) is 3.99. The molecule has 0 radical (unpaired) electrons. The van der Waals surface area contributed by atoms with Crippen LogP contribution in [0.3, 0.4) is 0 Å². The number of methoxy groups -OCH3 is 2. The van der Waals surface area contributed by atoms with Crippen LogP contribution in [0.5, 0.6) is 11.5 Å². The molecule has 0 aliphatic heterocycles. The molecule has 0 atom stereocenters. The highest BCUT2D eigenvalue weighted by molar-refractivity contribution is 6.26. The molecule has 0 bridgehead atoms. The molecule has 0 aromatic heterocycles. The molecule has 1 N–H and O–H groups in total. The van der Waals surface area contributed by atoms with Crippen molar-refractivity contribution in [3.63, 3.8) is 0 Å². The van der Waals surface area contributed by atoms with Gasteiger partial charge in [0.25, 0.3) is 0 Å². The summed E-state index contributed by atoms with van der Waals surface area (Å²) in [4.78, 5) is 38.4. The van der Waals surface area contributed by atoms with Crippen LogP contribution in [-0.4, -0.2) is 36.9 Å². The Morgan fingerprint density at radius 3 is 1.47 bits per heavy atom. The van der Waals surface area contributed by atoms with Crippen LogP contribution in [0.1, 0.15) is 42.2 Å². The molecular formula is C27H19FO6. The fourth-order valence-corrected chi connectivity index (χ4v) is 3.83. The molecule has 0 aliphatic carbocycles. The molecule has 0 saturated heterocycles. The van der Waals surface area contributed by atoms with E-state index in [0.29, 0.717) is 10.8 Å². The molecule has 0 spiro atoms. The monoisotopic (exact) mass is 458 g/mol. The van der Waals surface area contributed by atoms with Crippen molar-refractivity contribution < 1.29 is 33.4 Å². The molecular weight excluding hydrogens is 439 g/mol. The van der Waals surface area contributed by atoms with E-state index in [1.165, 1.54) is 62.8 Å². The summed E-state index contributed by atoms with van der Waals surface area (Å²) in [6, 6.07) is 17.3. The lowest BCUT2D eigenvalue weighted by molar-refractivity contribution is 0.0696. The van der Waals surface area contributed by atoms with Gasteiger partial charge in [0.05, 0.1) is 30.9 Å². The summed E-state index contributed by atoms with van der Waals surface area (Å²) < 4.78 is 24.4. The highest BCUT2D eigenvalue weighted by atomic mass is 19.1. The fourth-order valence-electron chi connectivity index (χ4n) is 3.83. The molecule has 0 amide bonds. The van der Waals surface area contributed by atoms with Gasteiger partial charge in [0.15, 0.2) is 11.6 Å². The lowest BCUT2D eigenvalue weighted by Crippen LogP contribution is -2.11. The van der Waals surface area contributed by atoms with Gasteiger partial charge in [-0.2, -0.15) is 0 Å². The first kappa shape index (κ1) is 22.7. The maximum atomic E-state index is 13.6. The van der Waals surface area contributed by atoms with Crippen molar-refractivity contribution in [3.05, 3.63) is 106 Å². The van der Waals surface area contributed by atoms with E-state index in [4.69, 9.17) is 14.6 Å². The number of hydrogen-bond donors (Lipinski definition) is 1. The Labute approximate surface area is 194 Å². The van der Waals surface area contributed by atoms with Gasteiger partial charge in [-0.15, -0.1) is 0 Å². The molecule has 4 aromatic carbocycles. The van der Waals surface area contributed by atoms with Crippen molar-refractivity contribution in [2.75, 3.05) is 14.2 Å². The molecule has 0 heterocycles. The summed E-state index contributed by atoms with van der Waals surface area (Å²) in [5.41, 5.74) is 0.747. The van der Waals surface area contributed by atoms with E-state index in [1.54, 1.807) is 24.3 Å². The number of carbonyl (C=O) groups is 3. The summed E-state index contributed by atoms with van der Waals surface area (Å²) in [5, 5.41) is 10.1. The third-order valence-electron chi connectivity index (χ3n) is 5.50. The number of carbonyl (C=O) groups excluding carboxylic acids is 2. The van der Waals surface area contributed by atoms with Gasteiger partial charge in [-0.25, -0.2) is 9.18 Å². The maximum absolute atomic E-state index is 13.6. The Morgan fingerprint density at radius 1 is 0.647 bits per heavy atom.